The Morgan fingerprint density at radius 1 is 0.443 bits per heavy atom. The first-order chi connectivity index (χ1) is 43.2. The molecule has 0 bridgehead atoms. The van der Waals surface area contributed by atoms with Crippen LogP contribution in [0.3, 0.4) is 0 Å². The van der Waals surface area contributed by atoms with Crippen molar-refractivity contribution in [1.29, 1.82) is 0 Å². The van der Waals surface area contributed by atoms with E-state index >= 15 is 0 Å². The zero-order valence-electron chi connectivity index (χ0n) is 57.4. The predicted molar refractivity (Wildman–Crippen MR) is 370 cm³/mol. The van der Waals surface area contributed by atoms with Crippen LogP contribution in [0.4, 0.5) is 0 Å². The molecule has 11 heteroatoms. The first-order valence-corrected chi connectivity index (χ1v) is 37.6. The minimum atomic E-state index is -1.62. The summed E-state index contributed by atoms with van der Waals surface area (Å²) in [6, 6.07) is -1.04. The van der Waals surface area contributed by atoms with Gasteiger partial charge in [0.25, 0.3) is 0 Å². The van der Waals surface area contributed by atoms with Gasteiger partial charge in [0.05, 0.1) is 25.4 Å². The second-order valence-corrected chi connectivity index (χ2v) is 26.0. The van der Waals surface area contributed by atoms with E-state index in [1.807, 2.05) is 6.08 Å². The van der Waals surface area contributed by atoms with E-state index in [0.29, 0.717) is 12.8 Å². The Balaban J connectivity index is 2.53. The van der Waals surface area contributed by atoms with E-state index in [0.717, 1.165) is 83.5 Å². The molecule has 6 N–H and O–H groups in total. The molecule has 0 saturated carbocycles. The maximum Gasteiger partial charge on any atom is 0.306 e. The molecule has 1 rings (SSSR count). The van der Waals surface area contributed by atoms with Crippen molar-refractivity contribution in [1.82, 2.24) is 5.32 Å². The summed E-state index contributed by atoms with van der Waals surface area (Å²) in [5, 5.41) is 57.3. The molecule has 1 saturated heterocycles. The average molecular weight is 1240 g/mol. The normalized spacial score (nSPS) is 18.5. The van der Waals surface area contributed by atoms with Gasteiger partial charge in [-0.2, -0.15) is 0 Å². The third-order valence-electron chi connectivity index (χ3n) is 17.7. The molecule has 0 aliphatic carbocycles. The Hall–Kier alpha value is -2.64. The number of aliphatic hydroxyl groups is 5. The molecule has 88 heavy (non-hydrogen) atoms. The molecule has 1 heterocycles. The van der Waals surface area contributed by atoms with Crippen LogP contribution in [0, 0.1) is 0 Å². The number of unbranched alkanes of at least 4 members (excludes halogenated alkanes) is 43. The van der Waals surface area contributed by atoms with Gasteiger partial charge in [0.15, 0.2) is 12.4 Å². The fourth-order valence-corrected chi connectivity index (χ4v) is 11.8. The van der Waals surface area contributed by atoms with Gasteiger partial charge < -0.3 is 45.1 Å². The third kappa shape index (κ3) is 50.9. The number of aliphatic hydroxyl groups excluding tert-OH is 5. The lowest BCUT2D eigenvalue weighted by Gasteiger charge is -2.41. The molecular weight excluding hydrogens is 1100 g/mol. The minimum Gasteiger partial charge on any atom is -0.454 e. The highest BCUT2D eigenvalue weighted by atomic mass is 16.7. The lowest BCUT2D eigenvalue weighted by molar-refractivity contribution is -0.305. The molecule has 0 aromatic rings. The lowest BCUT2D eigenvalue weighted by Crippen LogP contribution is -2.61. The van der Waals surface area contributed by atoms with Crippen LogP contribution in [0.15, 0.2) is 60.8 Å². The van der Waals surface area contributed by atoms with E-state index in [1.54, 1.807) is 6.08 Å². The second kappa shape index (κ2) is 64.5. The first kappa shape index (κ1) is 83.4. The van der Waals surface area contributed by atoms with Crippen molar-refractivity contribution in [3.63, 3.8) is 0 Å². The number of hydrogen-bond acceptors (Lipinski definition) is 10. The molecule has 0 radical (unpaired) electrons. The summed E-state index contributed by atoms with van der Waals surface area (Å²) in [7, 11) is 0. The van der Waals surface area contributed by atoms with E-state index < -0.39 is 67.4 Å². The zero-order chi connectivity index (χ0) is 63.9. The summed E-state index contributed by atoms with van der Waals surface area (Å²) >= 11 is 0. The molecule has 1 aliphatic rings. The van der Waals surface area contributed by atoms with Gasteiger partial charge in [0, 0.05) is 6.42 Å². The molecule has 0 aromatic carbocycles. The van der Waals surface area contributed by atoms with Crippen molar-refractivity contribution in [2.45, 2.75) is 404 Å². The fraction of sp³-hybridized carbons (Fsp3) is 0.844. The number of carbonyl (C=O) groups is 2. The van der Waals surface area contributed by atoms with Gasteiger partial charge in [-0.25, -0.2) is 0 Å². The summed E-state index contributed by atoms with van der Waals surface area (Å²) < 4.78 is 17.7. The Kier molecular flexibility index (Phi) is 61.1. The quantitative estimate of drug-likeness (QED) is 0.0195. The molecule has 8 unspecified atom stereocenters. The molecule has 1 aliphatic heterocycles. The van der Waals surface area contributed by atoms with Gasteiger partial charge in [0.1, 0.15) is 24.4 Å². The minimum absolute atomic E-state index is 0.124. The van der Waals surface area contributed by atoms with Crippen molar-refractivity contribution in [3.8, 4) is 0 Å². The summed E-state index contributed by atoms with van der Waals surface area (Å²) in [5.74, 6) is -1.20. The van der Waals surface area contributed by atoms with Crippen LogP contribution in [0.2, 0.25) is 0 Å². The van der Waals surface area contributed by atoms with Crippen molar-refractivity contribution >= 4 is 11.9 Å². The number of amides is 1. The number of ether oxygens (including phenoxy) is 3. The van der Waals surface area contributed by atoms with Crippen LogP contribution in [0.1, 0.15) is 355 Å². The van der Waals surface area contributed by atoms with Crippen LogP contribution >= 0.6 is 0 Å². The second-order valence-electron chi connectivity index (χ2n) is 26.0. The van der Waals surface area contributed by atoms with Crippen molar-refractivity contribution in [2.24, 2.45) is 0 Å². The average Bonchev–Trinajstić information content (AvgIpc) is 2.78. The summed E-state index contributed by atoms with van der Waals surface area (Å²) in [6.45, 7) is 5.80. The number of rotatable bonds is 65. The maximum atomic E-state index is 13.5. The summed E-state index contributed by atoms with van der Waals surface area (Å²) in [6.07, 6.45) is 72.7. The number of carbonyl (C=O) groups excluding carboxylic acids is 2. The van der Waals surface area contributed by atoms with Crippen LogP contribution < -0.4 is 5.32 Å². The number of hydrogen-bond donors (Lipinski definition) is 6. The van der Waals surface area contributed by atoms with Crippen LogP contribution in [-0.2, 0) is 23.8 Å². The molecule has 8 atom stereocenters. The molecule has 1 fully saturated rings. The third-order valence-corrected chi connectivity index (χ3v) is 17.7. The Bertz CT molecular complexity index is 1670. The van der Waals surface area contributed by atoms with Crippen molar-refractivity contribution in [2.75, 3.05) is 13.2 Å². The topological polar surface area (TPSA) is 175 Å². The molecular formula is C77H141NO10. The maximum absolute atomic E-state index is 13.5. The Morgan fingerprint density at radius 2 is 0.784 bits per heavy atom. The van der Waals surface area contributed by atoms with Gasteiger partial charge in [0.2, 0.25) is 5.91 Å². The van der Waals surface area contributed by atoms with E-state index in [4.69, 9.17) is 14.2 Å². The van der Waals surface area contributed by atoms with Crippen molar-refractivity contribution in [3.05, 3.63) is 60.8 Å². The van der Waals surface area contributed by atoms with E-state index in [9.17, 15) is 35.1 Å². The number of nitrogens with one attached hydrogen (secondary N) is 1. The van der Waals surface area contributed by atoms with Gasteiger partial charge in [-0.1, -0.05) is 338 Å². The molecule has 0 aromatic heterocycles. The lowest BCUT2D eigenvalue weighted by atomic mass is 9.99. The monoisotopic (exact) mass is 1240 g/mol. The Labute approximate surface area is 541 Å². The van der Waals surface area contributed by atoms with Gasteiger partial charge in [-0.3, -0.25) is 9.59 Å². The predicted octanol–water partition coefficient (Wildman–Crippen LogP) is 19.7. The SMILES string of the molecule is CCCCC/C=C\C/C=C\C/C=C\C/C=C\CCCCCCC(O)C(=O)NC(COC1OC(CO)C(O)C(O)C1OC(=O)CCCCCCCCCCCCCCCCCCCCCCCCCCCCC)C(O)/C=C/CCCCCCCCCCCC. The zero-order valence-corrected chi connectivity index (χ0v) is 57.4. The highest BCUT2D eigenvalue weighted by molar-refractivity contribution is 5.80. The van der Waals surface area contributed by atoms with E-state index in [1.165, 1.54) is 225 Å². The summed E-state index contributed by atoms with van der Waals surface area (Å²) in [4.78, 5) is 26.7. The number of allylic oxidation sites excluding steroid dienone is 9. The van der Waals surface area contributed by atoms with Gasteiger partial charge >= 0.3 is 5.97 Å². The highest BCUT2D eigenvalue weighted by Gasteiger charge is 2.47. The van der Waals surface area contributed by atoms with Crippen LogP contribution in [0.5, 0.6) is 0 Å². The molecule has 514 valence electrons. The largest absolute Gasteiger partial charge is 0.454 e. The van der Waals surface area contributed by atoms with E-state index in [-0.39, 0.29) is 19.4 Å². The van der Waals surface area contributed by atoms with Gasteiger partial charge in [-0.05, 0) is 70.6 Å². The smallest absolute Gasteiger partial charge is 0.306 e. The van der Waals surface area contributed by atoms with E-state index in [2.05, 4.69) is 74.7 Å². The fourth-order valence-electron chi connectivity index (χ4n) is 11.8. The van der Waals surface area contributed by atoms with Crippen LogP contribution in [0.25, 0.3) is 0 Å². The van der Waals surface area contributed by atoms with Crippen LogP contribution in [-0.4, -0.2) is 99.6 Å². The molecule has 1 amide bonds. The van der Waals surface area contributed by atoms with Gasteiger partial charge in [-0.15, -0.1) is 0 Å². The van der Waals surface area contributed by atoms with Crippen molar-refractivity contribution < 1.29 is 49.3 Å². The number of esters is 1. The molecule has 11 nitrogen and oxygen atoms in total. The Morgan fingerprint density at radius 3 is 1.19 bits per heavy atom. The highest BCUT2D eigenvalue weighted by Crippen LogP contribution is 2.26. The standard InChI is InChI=1S/C77H141NO10/c1-4-7-10-13-16-19-22-25-27-29-31-33-34-35-36-37-38-39-41-43-45-47-50-53-56-59-62-65-72(82)88-75-74(84)73(83)71(66-79)87-77(75)86-67-68(69(80)63-60-57-54-51-48-24-21-18-15-12-9-6-3)78-76(85)70(81)64-61-58-55-52-49-46-44-42-40-32-30-28-26-23-20-17-14-11-8-5-2/h17,20,26,28,32,40,44,46,60,63,68-71,73-75,77,79-81,83-84H,4-16,18-19,21-25,27,29-31,33-39,41-43,45,47-59,61-62,64-67H2,1-3H3,(H,78,85)/b20-17-,28-26-,40-32-,46-44-,63-60+. The molecule has 0 spiro atoms. The summed E-state index contributed by atoms with van der Waals surface area (Å²) in [5.41, 5.74) is 0. The first-order valence-electron chi connectivity index (χ1n) is 37.6.